The highest BCUT2D eigenvalue weighted by Gasteiger charge is 2.38. The molecule has 23 heavy (non-hydrogen) atoms. The number of nitrogens with two attached hydrogens (primary N) is 1. The number of piperidine rings is 1. The Kier molecular flexibility index (Phi) is 4.60. The van der Waals surface area contributed by atoms with Gasteiger partial charge in [0, 0.05) is 6.54 Å². The fourth-order valence-corrected chi connectivity index (χ4v) is 2.63. The van der Waals surface area contributed by atoms with E-state index >= 15 is 0 Å². The lowest BCUT2D eigenvalue weighted by atomic mass is 9.89. The number of aliphatic hydroxyl groups is 1. The number of β-amino-alcohol motifs (C(OH)–C–C–N with tert-alkyl or cyclic N) is 1. The van der Waals surface area contributed by atoms with Crippen molar-refractivity contribution >= 4 is 11.8 Å². The molecule has 2 amide bonds. The van der Waals surface area contributed by atoms with Crippen molar-refractivity contribution in [1.82, 2.24) is 9.88 Å². The van der Waals surface area contributed by atoms with Gasteiger partial charge in [-0.1, -0.05) is 6.07 Å². The zero-order valence-electron chi connectivity index (χ0n) is 12.1. The highest BCUT2D eigenvalue weighted by Crippen LogP contribution is 2.28. The minimum Gasteiger partial charge on any atom is -0.388 e. The molecule has 3 N–H and O–H groups in total. The van der Waals surface area contributed by atoms with Crippen LogP contribution in [0.25, 0.3) is 0 Å². The number of rotatable bonds is 3. The second kappa shape index (κ2) is 6.15. The normalized spacial score (nSPS) is 22.0. The van der Waals surface area contributed by atoms with E-state index in [1.807, 2.05) is 0 Å². The van der Waals surface area contributed by atoms with E-state index in [2.05, 4.69) is 4.98 Å². The van der Waals surface area contributed by atoms with Gasteiger partial charge in [0.25, 0.3) is 5.91 Å². The van der Waals surface area contributed by atoms with Crippen LogP contribution >= 0.6 is 0 Å². The third kappa shape index (κ3) is 4.19. The molecule has 1 fully saturated rings. The molecule has 126 valence electrons. The molecule has 9 heteroatoms. The van der Waals surface area contributed by atoms with E-state index in [1.54, 1.807) is 0 Å². The van der Waals surface area contributed by atoms with Crippen molar-refractivity contribution in [2.45, 2.75) is 31.0 Å². The molecule has 1 aliphatic heterocycles. The first-order valence-electron chi connectivity index (χ1n) is 6.95. The number of amides is 2. The van der Waals surface area contributed by atoms with E-state index in [1.165, 1.54) is 11.0 Å². The number of pyridine rings is 1. The Morgan fingerprint density at radius 2 is 2.09 bits per heavy atom. The summed E-state index contributed by atoms with van der Waals surface area (Å²) in [4.78, 5) is 27.8. The van der Waals surface area contributed by atoms with Gasteiger partial charge in [-0.15, -0.1) is 0 Å². The average Bonchev–Trinajstić information content (AvgIpc) is 2.44. The van der Waals surface area contributed by atoms with Crippen LogP contribution in [0.15, 0.2) is 18.2 Å². The third-order valence-electron chi connectivity index (χ3n) is 3.60. The Hall–Kier alpha value is -2.16. The fraction of sp³-hybridized carbons (Fsp3) is 0.500. The highest BCUT2D eigenvalue weighted by atomic mass is 19.4. The number of primary amides is 1. The van der Waals surface area contributed by atoms with Gasteiger partial charge in [-0.2, -0.15) is 13.2 Å². The zero-order valence-corrected chi connectivity index (χ0v) is 12.1. The summed E-state index contributed by atoms with van der Waals surface area (Å²) in [5.74, 6) is -1.43. The van der Waals surface area contributed by atoms with E-state index < -0.39 is 29.3 Å². The number of nitrogens with zero attached hydrogens (tertiary/aromatic N) is 2. The van der Waals surface area contributed by atoms with Crippen LogP contribution in [-0.4, -0.2) is 45.5 Å². The highest BCUT2D eigenvalue weighted by molar-refractivity contribution is 5.92. The van der Waals surface area contributed by atoms with Gasteiger partial charge in [-0.3, -0.25) is 9.59 Å². The maximum Gasteiger partial charge on any atom is 0.433 e. The molecule has 1 atom stereocenters. The van der Waals surface area contributed by atoms with Crippen molar-refractivity contribution in [3.63, 3.8) is 0 Å². The lowest BCUT2D eigenvalue weighted by molar-refractivity contribution is -0.141. The van der Waals surface area contributed by atoms with Gasteiger partial charge >= 0.3 is 6.18 Å². The van der Waals surface area contributed by atoms with Crippen LogP contribution in [-0.2, 0) is 11.0 Å². The van der Waals surface area contributed by atoms with Crippen LogP contribution < -0.4 is 5.73 Å². The molecule has 0 spiro atoms. The van der Waals surface area contributed by atoms with E-state index in [0.717, 1.165) is 12.1 Å². The molecule has 0 bridgehead atoms. The summed E-state index contributed by atoms with van der Waals surface area (Å²) >= 11 is 0. The first-order chi connectivity index (χ1) is 10.6. The summed E-state index contributed by atoms with van der Waals surface area (Å²) in [6.07, 6.45) is -4.26. The maximum absolute atomic E-state index is 12.7. The second-order valence-corrected chi connectivity index (χ2v) is 5.60. The second-order valence-electron chi connectivity index (χ2n) is 5.60. The summed E-state index contributed by atoms with van der Waals surface area (Å²) < 4.78 is 38.0. The van der Waals surface area contributed by atoms with Gasteiger partial charge in [0.1, 0.15) is 11.4 Å². The number of carbonyl (C=O) groups is 2. The van der Waals surface area contributed by atoms with Crippen LogP contribution in [0, 0.1) is 0 Å². The van der Waals surface area contributed by atoms with Crippen molar-refractivity contribution in [3.05, 3.63) is 29.6 Å². The molecule has 0 aliphatic carbocycles. The first-order valence-corrected chi connectivity index (χ1v) is 6.95. The fourth-order valence-electron chi connectivity index (χ4n) is 2.63. The molecule has 6 nitrogen and oxygen atoms in total. The molecule has 2 rings (SSSR count). The molecule has 1 unspecified atom stereocenters. The van der Waals surface area contributed by atoms with Crippen LogP contribution in [0.1, 0.15) is 35.4 Å². The standard InChI is InChI=1S/C14H16F3N3O3/c15-14(16,17)10-4-1-3-9(19-10)12(22)20-6-2-5-13(23,8-20)7-11(18)21/h1,3-4,23H,2,5-8H2,(H2,18,21). The van der Waals surface area contributed by atoms with E-state index in [0.29, 0.717) is 6.42 Å². The lowest BCUT2D eigenvalue weighted by Crippen LogP contribution is -2.52. The molecule has 1 aliphatic rings. The van der Waals surface area contributed by atoms with E-state index in [-0.39, 0.29) is 31.6 Å². The van der Waals surface area contributed by atoms with E-state index in [9.17, 15) is 27.9 Å². The molecule has 0 saturated carbocycles. The molecular formula is C14H16F3N3O3. The maximum atomic E-state index is 12.7. The van der Waals surface area contributed by atoms with Gasteiger partial charge in [-0.25, -0.2) is 4.98 Å². The Labute approximate surface area is 130 Å². The van der Waals surface area contributed by atoms with Crippen molar-refractivity contribution in [3.8, 4) is 0 Å². The number of hydrogen-bond donors (Lipinski definition) is 2. The summed E-state index contributed by atoms with van der Waals surface area (Å²) in [6.45, 7) is 0.0878. The Morgan fingerprint density at radius 1 is 1.39 bits per heavy atom. The van der Waals surface area contributed by atoms with E-state index in [4.69, 9.17) is 5.73 Å². The molecule has 0 aromatic carbocycles. The summed E-state index contributed by atoms with van der Waals surface area (Å²) in [5.41, 5.74) is 2.09. The molecule has 1 aromatic rings. The molecule has 1 saturated heterocycles. The predicted molar refractivity (Wildman–Crippen MR) is 73.1 cm³/mol. The predicted octanol–water partition coefficient (Wildman–Crippen LogP) is 0.943. The topological polar surface area (TPSA) is 96.5 Å². The monoisotopic (exact) mass is 331 g/mol. The molecule has 2 heterocycles. The van der Waals surface area contributed by atoms with Gasteiger partial charge in [0.05, 0.1) is 18.6 Å². The molecule has 1 aromatic heterocycles. The Bertz CT molecular complexity index is 621. The number of likely N-dealkylation sites (tertiary alicyclic amines) is 1. The number of aromatic nitrogens is 1. The van der Waals surface area contributed by atoms with Crippen LogP contribution in [0.2, 0.25) is 0 Å². The smallest absolute Gasteiger partial charge is 0.388 e. The Morgan fingerprint density at radius 3 is 2.70 bits per heavy atom. The molecule has 0 radical (unpaired) electrons. The zero-order chi connectivity index (χ0) is 17.3. The van der Waals surface area contributed by atoms with Crippen LogP contribution in [0.4, 0.5) is 13.2 Å². The van der Waals surface area contributed by atoms with Crippen molar-refractivity contribution in [2.24, 2.45) is 5.73 Å². The van der Waals surface area contributed by atoms with Gasteiger partial charge in [-0.05, 0) is 25.0 Å². The third-order valence-corrected chi connectivity index (χ3v) is 3.60. The number of hydrogen-bond acceptors (Lipinski definition) is 4. The van der Waals surface area contributed by atoms with Gasteiger partial charge in [0.15, 0.2) is 0 Å². The van der Waals surface area contributed by atoms with Crippen LogP contribution in [0.5, 0.6) is 0 Å². The van der Waals surface area contributed by atoms with Crippen molar-refractivity contribution in [1.29, 1.82) is 0 Å². The number of carbonyl (C=O) groups excluding carboxylic acids is 2. The molecular weight excluding hydrogens is 315 g/mol. The first kappa shape index (κ1) is 17.2. The van der Waals surface area contributed by atoms with Gasteiger partial charge in [0.2, 0.25) is 5.91 Å². The minimum atomic E-state index is -4.65. The largest absolute Gasteiger partial charge is 0.433 e. The average molecular weight is 331 g/mol. The quantitative estimate of drug-likeness (QED) is 0.861. The minimum absolute atomic E-state index is 0.174. The SMILES string of the molecule is NC(=O)CC1(O)CCCN(C(=O)c2cccc(C(F)(F)F)n2)C1. The van der Waals surface area contributed by atoms with Crippen molar-refractivity contribution in [2.75, 3.05) is 13.1 Å². The lowest BCUT2D eigenvalue weighted by Gasteiger charge is -2.38. The van der Waals surface area contributed by atoms with Crippen molar-refractivity contribution < 1.29 is 27.9 Å². The number of alkyl halides is 3. The Balaban J connectivity index is 2.18. The number of halogens is 3. The summed E-state index contributed by atoms with van der Waals surface area (Å²) in [5, 5.41) is 10.3. The van der Waals surface area contributed by atoms with Crippen LogP contribution in [0.3, 0.4) is 0 Å². The summed E-state index contributed by atoms with van der Waals surface area (Å²) in [6, 6.07) is 3.05. The van der Waals surface area contributed by atoms with Gasteiger partial charge < -0.3 is 15.7 Å². The summed E-state index contributed by atoms with van der Waals surface area (Å²) in [7, 11) is 0.